The van der Waals surface area contributed by atoms with Crippen LogP contribution in [0.4, 0.5) is 11.8 Å². The van der Waals surface area contributed by atoms with Gasteiger partial charge in [-0.3, -0.25) is 0 Å². The lowest BCUT2D eigenvalue weighted by Gasteiger charge is -2.28. The molecule has 0 aliphatic carbocycles. The van der Waals surface area contributed by atoms with Crippen LogP contribution in [0.3, 0.4) is 0 Å². The van der Waals surface area contributed by atoms with E-state index in [2.05, 4.69) is 86.1 Å². The number of pyridine rings is 1. The monoisotopic (exact) mass is 462 g/mol. The molecule has 0 radical (unpaired) electrons. The zero-order chi connectivity index (χ0) is 23.4. The fraction of sp³-hybridized carbons (Fsp3) is 0.259. The number of piperazine rings is 1. The van der Waals surface area contributed by atoms with Crippen LogP contribution < -0.4 is 15.5 Å². The minimum absolute atomic E-state index is 0.0963. The molecule has 5 heterocycles. The van der Waals surface area contributed by atoms with E-state index in [1.54, 1.807) is 6.33 Å². The van der Waals surface area contributed by atoms with Crippen LogP contribution in [0, 0.1) is 0 Å². The molecule has 2 aliphatic heterocycles. The van der Waals surface area contributed by atoms with Crippen LogP contribution in [-0.2, 0) is 0 Å². The maximum absolute atomic E-state index is 5.07. The van der Waals surface area contributed by atoms with Crippen molar-refractivity contribution < 1.29 is 0 Å². The summed E-state index contributed by atoms with van der Waals surface area (Å²) >= 11 is 0. The molecule has 35 heavy (non-hydrogen) atoms. The van der Waals surface area contributed by atoms with Gasteiger partial charge in [0.25, 0.3) is 0 Å². The lowest BCUT2D eigenvalue weighted by molar-refractivity contribution is 0.567. The molecule has 0 amide bonds. The summed E-state index contributed by atoms with van der Waals surface area (Å²) in [4.78, 5) is 16.5. The summed E-state index contributed by atoms with van der Waals surface area (Å²) in [6, 6.07) is 22.1. The Balaban J connectivity index is 1.23. The normalized spacial score (nSPS) is 20.1. The van der Waals surface area contributed by atoms with E-state index in [0.717, 1.165) is 48.2 Å². The Morgan fingerprint density at radius 1 is 1.06 bits per heavy atom. The highest BCUT2D eigenvalue weighted by molar-refractivity contribution is 5.86. The van der Waals surface area contributed by atoms with Gasteiger partial charge in [0.15, 0.2) is 5.65 Å². The van der Waals surface area contributed by atoms with E-state index < -0.39 is 0 Å². The number of anilines is 2. The first-order valence-corrected chi connectivity index (χ1v) is 12.1. The van der Waals surface area contributed by atoms with E-state index in [1.165, 1.54) is 16.3 Å². The number of hydrogen-bond acceptors (Lipinski definition) is 7. The molecule has 0 spiro atoms. The molecule has 7 rings (SSSR count). The van der Waals surface area contributed by atoms with E-state index >= 15 is 0 Å². The summed E-state index contributed by atoms with van der Waals surface area (Å²) in [5.74, 6) is 1.68. The molecule has 0 saturated carbocycles. The van der Waals surface area contributed by atoms with Crippen molar-refractivity contribution in [1.29, 1.82) is 0 Å². The third-order valence-corrected chi connectivity index (χ3v) is 7.27. The SMILES string of the molecule is CC(Nc1cc(-c2cc3ncnn3c(N3C[C@@H]4C[C@H]3CN4)n2)ccn1)c1cccc2ccccc12. The van der Waals surface area contributed by atoms with Gasteiger partial charge >= 0.3 is 0 Å². The molecule has 2 bridgehead atoms. The van der Waals surface area contributed by atoms with Gasteiger partial charge in [0.2, 0.25) is 5.95 Å². The van der Waals surface area contributed by atoms with Gasteiger partial charge in [-0.05, 0) is 41.8 Å². The van der Waals surface area contributed by atoms with Gasteiger partial charge in [0.1, 0.15) is 12.1 Å². The second-order valence-electron chi connectivity index (χ2n) is 9.48. The number of nitrogens with zero attached hydrogens (tertiary/aromatic N) is 6. The largest absolute Gasteiger partial charge is 0.364 e. The van der Waals surface area contributed by atoms with Crippen molar-refractivity contribution in [3.8, 4) is 11.3 Å². The molecular formula is C27H26N8. The summed E-state index contributed by atoms with van der Waals surface area (Å²) in [6.07, 6.45) is 4.59. The fourth-order valence-corrected chi connectivity index (χ4v) is 5.55. The van der Waals surface area contributed by atoms with Gasteiger partial charge in [0, 0.05) is 43.0 Å². The highest BCUT2D eigenvalue weighted by Gasteiger charge is 2.39. The molecule has 8 nitrogen and oxygen atoms in total. The zero-order valence-electron chi connectivity index (χ0n) is 19.5. The highest BCUT2D eigenvalue weighted by Crippen LogP contribution is 2.31. The first-order chi connectivity index (χ1) is 17.2. The first-order valence-electron chi connectivity index (χ1n) is 12.1. The number of aromatic nitrogens is 5. The van der Waals surface area contributed by atoms with E-state index in [1.807, 2.05) is 22.8 Å². The summed E-state index contributed by atoms with van der Waals surface area (Å²) in [5.41, 5.74) is 3.93. The Morgan fingerprint density at radius 3 is 2.86 bits per heavy atom. The summed E-state index contributed by atoms with van der Waals surface area (Å²) in [5, 5.41) is 14.1. The molecule has 2 aromatic carbocycles. The number of rotatable bonds is 5. The van der Waals surface area contributed by atoms with Crippen LogP contribution in [0.5, 0.6) is 0 Å². The smallest absolute Gasteiger partial charge is 0.229 e. The van der Waals surface area contributed by atoms with Crippen molar-refractivity contribution in [1.82, 2.24) is 29.9 Å². The lowest BCUT2D eigenvalue weighted by Crippen LogP contribution is -2.44. The average molecular weight is 463 g/mol. The Kier molecular flexibility index (Phi) is 4.66. The standard InChI is InChI=1S/C27H26N8/c1-17(22-8-4-6-18-5-2-3-7-23(18)22)32-25-11-19(9-10-28-25)24-13-26-30-16-31-35(26)27(33-24)34-15-20-12-21(34)14-29-20/h2-11,13,16-17,20-21,29H,12,14-15H2,1H3,(H,28,32)/t17?,20-,21-/m0/s1. The second-order valence-corrected chi connectivity index (χ2v) is 9.48. The number of benzene rings is 2. The number of nitrogens with one attached hydrogen (secondary N) is 2. The van der Waals surface area contributed by atoms with Crippen LogP contribution in [0.15, 0.2) is 73.2 Å². The van der Waals surface area contributed by atoms with E-state index in [0.29, 0.717) is 12.1 Å². The van der Waals surface area contributed by atoms with E-state index in [-0.39, 0.29) is 6.04 Å². The minimum Gasteiger partial charge on any atom is -0.364 e. The lowest BCUT2D eigenvalue weighted by atomic mass is 9.99. The van der Waals surface area contributed by atoms with Gasteiger partial charge in [-0.1, -0.05) is 42.5 Å². The first kappa shape index (κ1) is 20.3. The Bertz CT molecular complexity index is 1540. The Labute approximate surface area is 203 Å². The van der Waals surface area contributed by atoms with Crippen LogP contribution >= 0.6 is 0 Å². The Morgan fingerprint density at radius 2 is 1.97 bits per heavy atom. The van der Waals surface area contributed by atoms with Gasteiger partial charge in [0.05, 0.1) is 11.7 Å². The predicted molar refractivity (Wildman–Crippen MR) is 138 cm³/mol. The molecule has 8 heteroatoms. The minimum atomic E-state index is 0.0963. The molecule has 2 N–H and O–H groups in total. The predicted octanol–water partition coefficient (Wildman–Crippen LogP) is 4.06. The molecule has 2 saturated heterocycles. The van der Waals surface area contributed by atoms with Crippen LogP contribution in [0.1, 0.15) is 24.9 Å². The molecule has 1 unspecified atom stereocenters. The van der Waals surface area contributed by atoms with Gasteiger partial charge in [-0.2, -0.15) is 9.61 Å². The molecule has 174 valence electrons. The van der Waals surface area contributed by atoms with Crippen molar-refractivity contribution in [2.24, 2.45) is 0 Å². The average Bonchev–Trinajstić information content (AvgIpc) is 3.65. The maximum Gasteiger partial charge on any atom is 0.229 e. The second kappa shape index (κ2) is 8.02. The quantitative estimate of drug-likeness (QED) is 0.407. The van der Waals surface area contributed by atoms with E-state index in [4.69, 9.17) is 4.98 Å². The highest BCUT2D eigenvalue weighted by atomic mass is 15.4. The topological polar surface area (TPSA) is 83.3 Å². The Hall–Kier alpha value is -4.04. The van der Waals surface area contributed by atoms with E-state index in [9.17, 15) is 0 Å². The fourth-order valence-electron chi connectivity index (χ4n) is 5.55. The van der Waals surface area contributed by atoms with Crippen LogP contribution in [-0.4, -0.2) is 49.7 Å². The van der Waals surface area contributed by atoms with Crippen molar-refractivity contribution >= 4 is 28.2 Å². The van der Waals surface area contributed by atoms with Crippen molar-refractivity contribution in [2.75, 3.05) is 23.3 Å². The maximum atomic E-state index is 5.07. The molecule has 3 atom stereocenters. The summed E-state index contributed by atoms with van der Waals surface area (Å²) in [7, 11) is 0. The molecule has 2 fully saturated rings. The molecular weight excluding hydrogens is 436 g/mol. The van der Waals surface area contributed by atoms with Crippen molar-refractivity contribution in [3.05, 3.63) is 78.8 Å². The van der Waals surface area contributed by atoms with Crippen LogP contribution in [0.2, 0.25) is 0 Å². The van der Waals surface area contributed by atoms with Gasteiger partial charge < -0.3 is 15.5 Å². The number of hydrogen-bond donors (Lipinski definition) is 2. The van der Waals surface area contributed by atoms with Crippen molar-refractivity contribution in [2.45, 2.75) is 31.5 Å². The van der Waals surface area contributed by atoms with Crippen LogP contribution in [0.25, 0.3) is 27.7 Å². The van der Waals surface area contributed by atoms with Gasteiger partial charge in [-0.15, -0.1) is 0 Å². The van der Waals surface area contributed by atoms with Gasteiger partial charge in [-0.25, -0.2) is 15.0 Å². The van der Waals surface area contributed by atoms with Crippen molar-refractivity contribution in [3.63, 3.8) is 0 Å². The summed E-state index contributed by atoms with van der Waals surface area (Å²) in [6.45, 7) is 4.11. The molecule has 5 aromatic rings. The third-order valence-electron chi connectivity index (χ3n) is 7.27. The summed E-state index contributed by atoms with van der Waals surface area (Å²) < 4.78 is 1.85. The third kappa shape index (κ3) is 3.49. The number of fused-ring (bicyclic) bond motifs is 4. The molecule has 2 aliphatic rings. The molecule has 3 aromatic heterocycles. The zero-order valence-corrected chi connectivity index (χ0v) is 19.5.